The first-order chi connectivity index (χ1) is 8.70. The van der Waals surface area contributed by atoms with Gasteiger partial charge in [0.05, 0.1) is 11.5 Å². The lowest BCUT2D eigenvalue weighted by atomic mass is 10.4. The number of thiazole rings is 1. The molecule has 0 bridgehead atoms. The van der Waals surface area contributed by atoms with Gasteiger partial charge in [0.15, 0.2) is 0 Å². The highest BCUT2D eigenvalue weighted by Gasteiger charge is 2.17. The summed E-state index contributed by atoms with van der Waals surface area (Å²) in [5.74, 6) is 5.35. The first kappa shape index (κ1) is 12.1. The van der Waals surface area contributed by atoms with Crippen LogP contribution >= 0.6 is 11.3 Å². The largest absolute Gasteiger partial charge is 0.358 e. The van der Waals surface area contributed by atoms with Gasteiger partial charge in [0.25, 0.3) is 0 Å². The zero-order valence-electron chi connectivity index (χ0n) is 9.03. The van der Waals surface area contributed by atoms with E-state index in [1.807, 2.05) is 5.38 Å². The molecule has 4 N–H and O–H groups in total. The van der Waals surface area contributed by atoms with Gasteiger partial charge in [-0.2, -0.15) is 4.98 Å². The van der Waals surface area contributed by atoms with Gasteiger partial charge >= 0.3 is 5.69 Å². The standard InChI is InChI=1S/C8H9N7O2S/c9-14-8-12-3-5(15(16)17)7(13-8)11-4-6-10-1-2-18-6/h1-3H,4,9H2,(H2,11,12,13,14). The number of anilines is 2. The average molecular weight is 267 g/mol. The third-order valence-electron chi connectivity index (χ3n) is 1.99. The van der Waals surface area contributed by atoms with Crippen LogP contribution < -0.4 is 16.6 Å². The lowest BCUT2D eigenvalue weighted by Gasteiger charge is -2.05. The predicted octanol–water partition coefficient (Wildman–Crippen LogP) is 0.739. The minimum Gasteiger partial charge on any atom is -0.358 e. The average Bonchev–Trinajstić information content (AvgIpc) is 2.88. The number of aromatic nitrogens is 3. The summed E-state index contributed by atoms with van der Waals surface area (Å²) in [7, 11) is 0. The molecular weight excluding hydrogens is 258 g/mol. The van der Waals surface area contributed by atoms with Gasteiger partial charge in [-0.25, -0.2) is 15.8 Å². The van der Waals surface area contributed by atoms with E-state index in [0.29, 0.717) is 6.54 Å². The summed E-state index contributed by atoms with van der Waals surface area (Å²) in [6.07, 6.45) is 2.75. The van der Waals surface area contributed by atoms with E-state index < -0.39 is 4.92 Å². The van der Waals surface area contributed by atoms with E-state index in [0.717, 1.165) is 11.2 Å². The minimum atomic E-state index is -0.565. The summed E-state index contributed by atoms with van der Waals surface area (Å²) in [5.41, 5.74) is 2.01. The number of hydrogen-bond acceptors (Lipinski definition) is 9. The van der Waals surface area contributed by atoms with Crippen LogP contribution in [0.15, 0.2) is 17.8 Å². The van der Waals surface area contributed by atoms with E-state index >= 15 is 0 Å². The number of hydrazine groups is 1. The quantitative estimate of drug-likeness (QED) is 0.410. The topological polar surface area (TPSA) is 132 Å². The molecule has 0 unspecified atom stereocenters. The maximum absolute atomic E-state index is 10.8. The molecule has 2 aromatic heterocycles. The first-order valence-corrected chi connectivity index (χ1v) is 5.69. The maximum Gasteiger partial charge on any atom is 0.329 e. The Hall–Kier alpha value is -2.33. The molecule has 94 valence electrons. The fraction of sp³-hybridized carbons (Fsp3) is 0.125. The Kier molecular flexibility index (Phi) is 3.60. The van der Waals surface area contributed by atoms with Crippen LogP contribution in [0.2, 0.25) is 0 Å². The molecule has 2 rings (SSSR count). The normalized spacial score (nSPS) is 10.1. The van der Waals surface area contributed by atoms with Gasteiger partial charge in [-0.15, -0.1) is 11.3 Å². The molecule has 0 aliphatic rings. The minimum absolute atomic E-state index is 0.0955. The van der Waals surface area contributed by atoms with Crippen molar-refractivity contribution in [2.45, 2.75) is 6.54 Å². The molecule has 2 aromatic rings. The zero-order valence-corrected chi connectivity index (χ0v) is 9.85. The molecule has 0 fully saturated rings. The van der Waals surface area contributed by atoms with Gasteiger partial charge in [0.2, 0.25) is 11.8 Å². The smallest absolute Gasteiger partial charge is 0.329 e. The Morgan fingerprint density at radius 1 is 1.50 bits per heavy atom. The molecule has 2 heterocycles. The first-order valence-electron chi connectivity index (χ1n) is 4.81. The summed E-state index contributed by atoms with van der Waals surface area (Å²) in [4.78, 5) is 21.9. The molecule has 9 nitrogen and oxygen atoms in total. The molecule has 18 heavy (non-hydrogen) atoms. The second kappa shape index (κ2) is 5.33. The monoisotopic (exact) mass is 267 g/mol. The molecule has 0 radical (unpaired) electrons. The Morgan fingerprint density at radius 2 is 2.33 bits per heavy atom. The van der Waals surface area contributed by atoms with Crippen LogP contribution in [0, 0.1) is 10.1 Å². The van der Waals surface area contributed by atoms with Crippen LogP contribution in [0.5, 0.6) is 0 Å². The van der Waals surface area contributed by atoms with Crippen molar-refractivity contribution in [3.05, 3.63) is 32.9 Å². The molecule has 0 spiro atoms. The summed E-state index contributed by atoms with van der Waals surface area (Å²) < 4.78 is 0. The Balaban J connectivity index is 2.20. The highest BCUT2D eigenvalue weighted by Crippen LogP contribution is 2.22. The lowest BCUT2D eigenvalue weighted by molar-refractivity contribution is -0.384. The zero-order chi connectivity index (χ0) is 13.0. The van der Waals surface area contributed by atoms with Crippen molar-refractivity contribution < 1.29 is 4.92 Å². The van der Waals surface area contributed by atoms with Gasteiger partial charge in [0.1, 0.15) is 11.2 Å². The number of nitro groups is 1. The second-order valence-corrected chi connectivity index (χ2v) is 4.09. The SMILES string of the molecule is NNc1ncc([N+](=O)[O-])c(NCc2nccs2)n1. The van der Waals surface area contributed by atoms with Crippen LogP contribution in [-0.4, -0.2) is 19.9 Å². The van der Waals surface area contributed by atoms with Gasteiger partial charge in [-0.05, 0) is 0 Å². The fourth-order valence-electron chi connectivity index (χ4n) is 1.21. The number of nitrogen functional groups attached to an aromatic ring is 1. The van der Waals surface area contributed by atoms with E-state index in [1.54, 1.807) is 6.20 Å². The van der Waals surface area contributed by atoms with E-state index in [-0.39, 0.29) is 17.5 Å². The van der Waals surface area contributed by atoms with Crippen LogP contribution in [0.4, 0.5) is 17.5 Å². The molecule has 0 amide bonds. The van der Waals surface area contributed by atoms with Crippen molar-refractivity contribution in [3.8, 4) is 0 Å². The van der Waals surface area contributed by atoms with Crippen LogP contribution in [0.25, 0.3) is 0 Å². The van der Waals surface area contributed by atoms with E-state index in [2.05, 4.69) is 25.7 Å². The molecule has 10 heteroatoms. The molecule has 0 aromatic carbocycles. The third-order valence-corrected chi connectivity index (χ3v) is 2.77. The summed E-state index contributed by atoms with van der Waals surface area (Å²) >= 11 is 1.44. The van der Waals surface area contributed by atoms with Gasteiger partial charge in [-0.3, -0.25) is 15.5 Å². The number of nitrogens with one attached hydrogen (secondary N) is 2. The summed E-state index contributed by atoms with van der Waals surface area (Å²) in [6, 6.07) is 0. The van der Waals surface area contributed by atoms with Gasteiger partial charge in [0, 0.05) is 11.6 Å². The highest BCUT2D eigenvalue weighted by molar-refractivity contribution is 7.09. The number of nitrogens with two attached hydrogens (primary N) is 1. The number of rotatable bonds is 5. The van der Waals surface area contributed by atoms with Gasteiger partial charge < -0.3 is 5.32 Å². The summed E-state index contributed by atoms with van der Waals surface area (Å²) in [6.45, 7) is 0.347. The fourth-order valence-corrected chi connectivity index (χ4v) is 1.76. The van der Waals surface area contributed by atoms with Crippen LogP contribution in [0.3, 0.4) is 0 Å². The van der Waals surface area contributed by atoms with Crippen molar-refractivity contribution in [2.75, 3.05) is 10.7 Å². The number of hydrogen-bond donors (Lipinski definition) is 3. The van der Waals surface area contributed by atoms with Gasteiger partial charge in [-0.1, -0.05) is 0 Å². The van der Waals surface area contributed by atoms with Crippen molar-refractivity contribution in [1.29, 1.82) is 0 Å². The van der Waals surface area contributed by atoms with Crippen molar-refractivity contribution in [1.82, 2.24) is 15.0 Å². The van der Waals surface area contributed by atoms with E-state index in [1.165, 1.54) is 11.3 Å². The Morgan fingerprint density at radius 3 is 2.94 bits per heavy atom. The van der Waals surface area contributed by atoms with Crippen LogP contribution in [-0.2, 0) is 6.54 Å². The van der Waals surface area contributed by atoms with E-state index in [9.17, 15) is 10.1 Å². The van der Waals surface area contributed by atoms with Crippen molar-refractivity contribution in [3.63, 3.8) is 0 Å². The molecule has 0 saturated carbocycles. The second-order valence-electron chi connectivity index (χ2n) is 3.11. The van der Waals surface area contributed by atoms with Crippen LogP contribution in [0.1, 0.15) is 5.01 Å². The van der Waals surface area contributed by atoms with Crippen molar-refractivity contribution in [2.24, 2.45) is 5.84 Å². The van der Waals surface area contributed by atoms with E-state index in [4.69, 9.17) is 5.84 Å². The molecule has 0 aliphatic carbocycles. The lowest BCUT2D eigenvalue weighted by Crippen LogP contribution is -2.13. The molecule has 0 atom stereocenters. The maximum atomic E-state index is 10.8. The predicted molar refractivity (Wildman–Crippen MR) is 65.9 cm³/mol. The Bertz CT molecular complexity index is 544. The summed E-state index contributed by atoms with van der Waals surface area (Å²) in [5, 5.41) is 16.2. The highest BCUT2D eigenvalue weighted by atomic mass is 32.1. The van der Waals surface area contributed by atoms with Crippen molar-refractivity contribution >= 4 is 28.8 Å². The Labute approximate surface area is 105 Å². The molecule has 0 saturated heterocycles. The third kappa shape index (κ3) is 2.67. The molecular formula is C8H9N7O2S. The molecule has 0 aliphatic heterocycles. The number of nitrogens with zero attached hydrogens (tertiary/aromatic N) is 4.